The summed E-state index contributed by atoms with van der Waals surface area (Å²) < 4.78 is 9.89. The van der Waals surface area contributed by atoms with E-state index in [1.807, 2.05) is 0 Å². The van der Waals surface area contributed by atoms with Crippen molar-refractivity contribution in [3.05, 3.63) is 22.2 Å². The van der Waals surface area contributed by atoms with Crippen molar-refractivity contribution < 1.29 is 19.2 Å². The van der Waals surface area contributed by atoms with Crippen molar-refractivity contribution >= 4 is 17.5 Å². The molecule has 0 saturated heterocycles. The van der Waals surface area contributed by atoms with Crippen LogP contribution in [0.15, 0.2) is 12.1 Å². The van der Waals surface area contributed by atoms with Crippen LogP contribution >= 0.6 is 0 Å². The first-order valence-corrected chi connectivity index (χ1v) is 5.20. The summed E-state index contributed by atoms with van der Waals surface area (Å²) in [6.45, 7) is 3.40. The number of pyridine rings is 1. The van der Waals surface area contributed by atoms with Crippen LogP contribution in [0.5, 0.6) is 5.88 Å². The van der Waals surface area contributed by atoms with E-state index < -0.39 is 17.0 Å². The van der Waals surface area contributed by atoms with Crippen LogP contribution in [-0.2, 0) is 9.53 Å². The van der Waals surface area contributed by atoms with Crippen molar-refractivity contribution in [3.63, 3.8) is 0 Å². The van der Waals surface area contributed by atoms with Crippen LogP contribution in [0.1, 0.15) is 13.8 Å². The van der Waals surface area contributed by atoms with Crippen molar-refractivity contribution in [2.24, 2.45) is 0 Å². The number of nitrogen functional groups attached to an aromatic ring is 1. The number of esters is 1. The second kappa shape index (κ2) is 5.80. The van der Waals surface area contributed by atoms with E-state index >= 15 is 0 Å². The maximum atomic E-state index is 11.3. The van der Waals surface area contributed by atoms with Gasteiger partial charge in [-0.3, -0.25) is 10.1 Å². The molecule has 0 aromatic carbocycles. The Balaban J connectivity index is 2.77. The molecule has 0 aliphatic heterocycles. The van der Waals surface area contributed by atoms with E-state index in [0.29, 0.717) is 0 Å². The molecule has 0 amide bonds. The monoisotopic (exact) mass is 255 g/mol. The number of anilines is 1. The van der Waals surface area contributed by atoms with E-state index in [1.165, 1.54) is 13.0 Å². The van der Waals surface area contributed by atoms with E-state index in [0.717, 1.165) is 6.07 Å². The standard InChI is InChI=1S/C10H13N3O5/c1-3-17-10(14)6(2)18-8-5-4-7(13(15)16)9(11)12-8/h4-6H,3H2,1-2H3,(H2,11,12). The van der Waals surface area contributed by atoms with Crippen LogP contribution in [0.25, 0.3) is 0 Å². The topological polar surface area (TPSA) is 118 Å². The molecule has 1 aromatic rings. The van der Waals surface area contributed by atoms with Gasteiger partial charge in [0.15, 0.2) is 6.10 Å². The number of ether oxygens (including phenoxy) is 2. The maximum absolute atomic E-state index is 11.3. The lowest BCUT2D eigenvalue weighted by Gasteiger charge is -2.12. The smallest absolute Gasteiger partial charge is 0.347 e. The second-order valence-corrected chi connectivity index (χ2v) is 3.32. The third kappa shape index (κ3) is 3.30. The summed E-state index contributed by atoms with van der Waals surface area (Å²) in [6, 6.07) is 2.43. The summed E-state index contributed by atoms with van der Waals surface area (Å²) in [4.78, 5) is 24.8. The Morgan fingerprint density at radius 1 is 1.61 bits per heavy atom. The summed E-state index contributed by atoms with van der Waals surface area (Å²) in [5.74, 6) is -0.788. The molecular formula is C10H13N3O5. The Labute approximate surface area is 103 Å². The molecule has 0 saturated carbocycles. The van der Waals surface area contributed by atoms with Crippen molar-refractivity contribution in [2.75, 3.05) is 12.3 Å². The molecule has 0 bridgehead atoms. The SMILES string of the molecule is CCOC(=O)C(C)Oc1ccc([N+](=O)[O-])c(N)n1. The van der Waals surface area contributed by atoms with E-state index in [-0.39, 0.29) is 24.0 Å². The van der Waals surface area contributed by atoms with Gasteiger partial charge >= 0.3 is 11.7 Å². The summed E-state index contributed by atoms with van der Waals surface area (Å²) in [6.07, 6.45) is -0.863. The molecule has 0 aliphatic carbocycles. The van der Waals surface area contributed by atoms with Gasteiger partial charge in [-0.15, -0.1) is 0 Å². The number of hydrogen-bond donors (Lipinski definition) is 1. The molecule has 0 fully saturated rings. The molecule has 1 atom stereocenters. The third-order valence-corrected chi connectivity index (χ3v) is 1.99. The highest BCUT2D eigenvalue weighted by atomic mass is 16.6. The maximum Gasteiger partial charge on any atom is 0.347 e. The first kappa shape index (κ1) is 13.7. The average molecular weight is 255 g/mol. The number of nitrogens with zero attached hydrogens (tertiary/aromatic N) is 2. The molecule has 0 aliphatic rings. The zero-order valence-corrected chi connectivity index (χ0v) is 9.95. The number of aromatic nitrogens is 1. The Morgan fingerprint density at radius 3 is 2.78 bits per heavy atom. The Bertz CT molecular complexity index is 463. The Hall–Kier alpha value is -2.38. The number of nitro groups is 1. The number of rotatable bonds is 5. The fourth-order valence-corrected chi connectivity index (χ4v) is 1.16. The number of nitrogens with two attached hydrogens (primary N) is 1. The van der Waals surface area contributed by atoms with Crippen molar-refractivity contribution in [3.8, 4) is 5.88 Å². The molecule has 2 N–H and O–H groups in total. The van der Waals surface area contributed by atoms with Gasteiger partial charge in [0.1, 0.15) is 0 Å². The van der Waals surface area contributed by atoms with E-state index in [2.05, 4.69) is 4.98 Å². The molecular weight excluding hydrogens is 242 g/mol. The number of hydrogen-bond acceptors (Lipinski definition) is 7. The largest absolute Gasteiger partial charge is 0.463 e. The minimum absolute atomic E-state index is 0.0265. The highest BCUT2D eigenvalue weighted by Crippen LogP contribution is 2.22. The van der Waals surface area contributed by atoms with Gasteiger partial charge in [0, 0.05) is 12.1 Å². The fourth-order valence-electron chi connectivity index (χ4n) is 1.16. The number of carbonyl (C=O) groups is 1. The van der Waals surface area contributed by atoms with Gasteiger partial charge in [0.2, 0.25) is 11.7 Å². The molecule has 8 nitrogen and oxygen atoms in total. The summed E-state index contributed by atoms with van der Waals surface area (Å²) in [5, 5.41) is 10.5. The molecule has 18 heavy (non-hydrogen) atoms. The van der Waals surface area contributed by atoms with Crippen molar-refractivity contribution in [1.82, 2.24) is 4.98 Å². The molecule has 0 radical (unpaired) electrons. The minimum atomic E-state index is -0.863. The quantitative estimate of drug-likeness (QED) is 0.471. The van der Waals surface area contributed by atoms with Gasteiger partial charge in [-0.05, 0) is 13.8 Å². The second-order valence-electron chi connectivity index (χ2n) is 3.32. The molecule has 98 valence electrons. The average Bonchev–Trinajstić information content (AvgIpc) is 2.28. The van der Waals surface area contributed by atoms with Crippen LogP contribution in [0.4, 0.5) is 11.5 Å². The van der Waals surface area contributed by atoms with Crippen LogP contribution in [0, 0.1) is 10.1 Å². The van der Waals surface area contributed by atoms with Crippen LogP contribution in [-0.4, -0.2) is 28.6 Å². The molecule has 1 rings (SSSR count). The van der Waals surface area contributed by atoms with Crippen molar-refractivity contribution in [2.45, 2.75) is 20.0 Å². The zero-order valence-electron chi connectivity index (χ0n) is 9.95. The molecule has 1 aromatic heterocycles. The van der Waals surface area contributed by atoms with Gasteiger partial charge in [0.05, 0.1) is 11.5 Å². The highest BCUT2D eigenvalue weighted by Gasteiger charge is 2.18. The molecule has 1 heterocycles. The lowest BCUT2D eigenvalue weighted by atomic mass is 10.4. The van der Waals surface area contributed by atoms with Gasteiger partial charge in [-0.25, -0.2) is 4.79 Å². The highest BCUT2D eigenvalue weighted by molar-refractivity contribution is 5.74. The molecule has 8 heteroatoms. The normalized spacial score (nSPS) is 11.7. The summed E-state index contributed by atoms with van der Waals surface area (Å²) in [5.41, 5.74) is 5.07. The van der Waals surface area contributed by atoms with Gasteiger partial charge in [0.25, 0.3) is 0 Å². The minimum Gasteiger partial charge on any atom is -0.463 e. The Morgan fingerprint density at radius 2 is 2.28 bits per heavy atom. The van der Waals surface area contributed by atoms with Gasteiger partial charge in [-0.2, -0.15) is 4.98 Å². The van der Waals surface area contributed by atoms with Gasteiger partial charge in [-0.1, -0.05) is 0 Å². The summed E-state index contributed by atoms with van der Waals surface area (Å²) >= 11 is 0. The molecule has 0 spiro atoms. The molecule has 1 unspecified atom stereocenters. The van der Waals surface area contributed by atoms with Crippen LogP contribution in [0.2, 0.25) is 0 Å². The fraction of sp³-hybridized carbons (Fsp3) is 0.400. The Kier molecular flexibility index (Phi) is 4.41. The third-order valence-electron chi connectivity index (χ3n) is 1.99. The lowest BCUT2D eigenvalue weighted by Crippen LogP contribution is -2.26. The van der Waals surface area contributed by atoms with Crippen molar-refractivity contribution in [1.29, 1.82) is 0 Å². The zero-order chi connectivity index (χ0) is 13.7. The first-order valence-electron chi connectivity index (χ1n) is 5.20. The number of carbonyl (C=O) groups excluding carboxylic acids is 1. The summed E-state index contributed by atoms with van der Waals surface area (Å²) in [7, 11) is 0. The van der Waals surface area contributed by atoms with Crippen LogP contribution < -0.4 is 10.5 Å². The van der Waals surface area contributed by atoms with Crippen LogP contribution in [0.3, 0.4) is 0 Å². The predicted octanol–water partition coefficient (Wildman–Crippen LogP) is 0.902. The predicted molar refractivity (Wildman–Crippen MR) is 62.0 cm³/mol. The lowest BCUT2D eigenvalue weighted by molar-refractivity contribution is -0.384. The van der Waals surface area contributed by atoms with E-state index in [4.69, 9.17) is 15.2 Å². The van der Waals surface area contributed by atoms with E-state index in [1.54, 1.807) is 6.92 Å². The van der Waals surface area contributed by atoms with E-state index in [9.17, 15) is 14.9 Å². The van der Waals surface area contributed by atoms with Gasteiger partial charge < -0.3 is 15.2 Å². The first-order chi connectivity index (χ1) is 8.45.